The summed E-state index contributed by atoms with van der Waals surface area (Å²) in [4.78, 5) is 32.5. The number of carbonyl (C=O) groups is 2. The Morgan fingerprint density at radius 1 is 1.04 bits per heavy atom. The number of carbonyl (C=O) groups excluding carboxylic acids is 2. The van der Waals surface area contributed by atoms with Gasteiger partial charge in [0, 0.05) is 43.3 Å². The van der Waals surface area contributed by atoms with E-state index in [1.807, 2.05) is 25.1 Å². The number of terminal acetylenes is 1. The van der Waals surface area contributed by atoms with Crippen molar-refractivity contribution in [3.05, 3.63) is 58.1 Å². The molecule has 12 heteroatoms. The summed E-state index contributed by atoms with van der Waals surface area (Å²) in [6, 6.07) is 11.0. The second-order valence-electron chi connectivity index (χ2n) is 15.1. The molecule has 276 valence electrons. The molecule has 2 bridgehead atoms. The lowest BCUT2D eigenvalue weighted by atomic mass is 9.62. The highest BCUT2D eigenvalue weighted by atomic mass is 35.5. The molecule has 0 aromatic heterocycles. The highest BCUT2D eigenvalue weighted by molar-refractivity contribution is 7.90. The number of aryl methyl sites for hydroxylation is 1. The number of fused-ring (bicyclic) bond motifs is 3. The molecule has 2 N–H and O–H groups in total. The summed E-state index contributed by atoms with van der Waals surface area (Å²) in [5.41, 5.74) is 2.11. The van der Waals surface area contributed by atoms with Crippen LogP contribution in [0.4, 0.5) is 5.69 Å². The SMILES string of the molecule is C#CCN1CCN(C[C@@]2(O)CCC[C@H](C)[C@@H](C)S(=O)(=O)NC(=O)c3ccc4c(c3)N(CCCCc3cc(Cl)ccc3CO4)C[C@@H]3CC[C@H]32)CC1=O. The van der Waals surface area contributed by atoms with E-state index >= 15 is 0 Å². The van der Waals surface area contributed by atoms with E-state index in [0.717, 1.165) is 48.9 Å². The number of hydrogen-bond donors (Lipinski definition) is 2. The number of piperazine rings is 1. The van der Waals surface area contributed by atoms with Crippen molar-refractivity contribution in [3.8, 4) is 18.1 Å². The zero-order valence-corrected chi connectivity index (χ0v) is 31.4. The average Bonchev–Trinajstić information content (AvgIpc) is 3.10. The third-order valence-electron chi connectivity index (χ3n) is 11.8. The molecule has 1 saturated carbocycles. The summed E-state index contributed by atoms with van der Waals surface area (Å²) in [6.45, 7) is 7.19. The molecule has 6 rings (SSSR count). The summed E-state index contributed by atoms with van der Waals surface area (Å²) in [7, 11) is -3.99. The van der Waals surface area contributed by atoms with Gasteiger partial charge in [0.15, 0.2) is 0 Å². The van der Waals surface area contributed by atoms with E-state index in [-0.39, 0.29) is 42.3 Å². The van der Waals surface area contributed by atoms with Crippen LogP contribution in [-0.2, 0) is 27.8 Å². The standard InChI is InChI=1S/C39H51ClN4O6S/c1-4-17-43-20-19-42(24-37(43)45)26-39(47)16-7-8-27(2)28(3)51(48,49)41-38(46)30-12-15-36-35(22-30)44(23-31-11-14-34(31)39)18-6-5-9-29-21-33(40)13-10-32(29)25-50-36/h1,10,12-13,15,21-22,27-28,31,34,47H,5-9,11,14,16-20,23-26H2,2-3H3,(H,41,46)/t27-,28+,31-,34+,39-/m0/s1. The predicted octanol–water partition coefficient (Wildman–Crippen LogP) is 4.86. The Labute approximate surface area is 307 Å². The number of amides is 2. The number of anilines is 1. The fourth-order valence-electron chi connectivity index (χ4n) is 8.35. The van der Waals surface area contributed by atoms with Crippen molar-refractivity contribution in [3.63, 3.8) is 0 Å². The molecule has 1 aliphatic carbocycles. The van der Waals surface area contributed by atoms with Crippen molar-refractivity contribution in [1.29, 1.82) is 0 Å². The lowest BCUT2D eigenvalue weighted by Gasteiger charge is -2.51. The van der Waals surface area contributed by atoms with Gasteiger partial charge >= 0.3 is 0 Å². The van der Waals surface area contributed by atoms with Gasteiger partial charge in [0.05, 0.1) is 29.6 Å². The van der Waals surface area contributed by atoms with Crippen LogP contribution in [0.1, 0.15) is 80.3 Å². The van der Waals surface area contributed by atoms with Crippen LogP contribution in [-0.4, -0.2) is 91.8 Å². The number of nitrogens with zero attached hydrogens (tertiary/aromatic N) is 3. The molecule has 0 radical (unpaired) electrons. The molecule has 1 saturated heterocycles. The van der Waals surface area contributed by atoms with Crippen molar-refractivity contribution in [1.82, 2.24) is 14.5 Å². The van der Waals surface area contributed by atoms with Gasteiger partial charge in [0.25, 0.3) is 5.91 Å². The molecule has 0 spiro atoms. The van der Waals surface area contributed by atoms with Gasteiger partial charge in [-0.3, -0.25) is 14.5 Å². The summed E-state index contributed by atoms with van der Waals surface area (Å²) in [5.74, 6) is 2.38. The molecule has 0 unspecified atom stereocenters. The molecule has 2 fully saturated rings. The molecule has 2 aromatic carbocycles. The van der Waals surface area contributed by atoms with Crippen LogP contribution in [0.25, 0.3) is 0 Å². The first kappa shape index (κ1) is 37.5. The fourth-order valence-corrected chi connectivity index (χ4v) is 9.85. The van der Waals surface area contributed by atoms with Gasteiger partial charge < -0.3 is 19.6 Å². The summed E-state index contributed by atoms with van der Waals surface area (Å²) in [6.07, 6.45) is 11.6. The number of halogens is 1. The minimum absolute atomic E-state index is 0.0128. The Balaban J connectivity index is 1.35. The topological polar surface area (TPSA) is 119 Å². The number of β-amino-alcohol motifs (C(OH)–C–C–N with tert-alkyl or cyclic N) is 1. The number of aliphatic hydroxyl groups is 1. The van der Waals surface area contributed by atoms with Crippen LogP contribution in [0.3, 0.4) is 0 Å². The lowest BCUT2D eigenvalue weighted by molar-refractivity contribution is -0.141. The van der Waals surface area contributed by atoms with Crippen LogP contribution >= 0.6 is 11.6 Å². The van der Waals surface area contributed by atoms with E-state index < -0.39 is 26.8 Å². The minimum atomic E-state index is -3.99. The summed E-state index contributed by atoms with van der Waals surface area (Å²) < 4.78 is 35.8. The largest absolute Gasteiger partial charge is 0.487 e. The molecule has 5 atom stereocenters. The number of benzene rings is 2. The van der Waals surface area contributed by atoms with Gasteiger partial charge in [0.1, 0.15) is 12.4 Å². The summed E-state index contributed by atoms with van der Waals surface area (Å²) in [5, 5.41) is 12.5. The lowest BCUT2D eigenvalue weighted by Crippen LogP contribution is -2.59. The maximum Gasteiger partial charge on any atom is 0.264 e. The number of ether oxygens (including phenoxy) is 1. The Bertz CT molecular complexity index is 1760. The second kappa shape index (κ2) is 15.7. The Kier molecular flexibility index (Phi) is 11.6. The maximum atomic E-state index is 13.5. The Morgan fingerprint density at radius 3 is 2.61 bits per heavy atom. The third kappa shape index (κ3) is 8.51. The highest BCUT2D eigenvalue weighted by Crippen LogP contribution is 2.46. The number of sulfonamides is 1. The number of hydrogen-bond acceptors (Lipinski definition) is 8. The monoisotopic (exact) mass is 738 g/mol. The second-order valence-corrected chi connectivity index (χ2v) is 17.6. The van der Waals surface area contributed by atoms with Gasteiger partial charge in [-0.05, 0) is 111 Å². The Hall–Kier alpha value is -3.30. The zero-order valence-electron chi connectivity index (χ0n) is 29.8. The van der Waals surface area contributed by atoms with Gasteiger partial charge in [-0.1, -0.05) is 36.9 Å². The van der Waals surface area contributed by atoms with Gasteiger partial charge in [-0.15, -0.1) is 6.42 Å². The molecular weight excluding hydrogens is 688 g/mol. The normalized spacial score (nSPS) is 29.2. The van der Waals surface area contributed by atoms with E-state index in [1.54, 1.807) is 30.0 Å². The van der Waals surface area contributed by atoms with Crippen molar-refractivity contribution < 1.29 is 27.9 Å². The van der Waals surface area contributed by atoms with Crippen LogP contribution in [0, 0.1) is 30.1 Å². The molecule has 3 aliphatic heterocycles. The predicted molar refractivity (Wildman–Crippen MR) is 199 cm³/mol. The molecule has 10 nitrogen and oxygen atoms in total. The quantitative estimate of drug-likeness (QED) is 0.429. The summed E-state index contributed by atoms with van der Waals surface area (Å²) >= 11 is 6.37. The van der Waals surface area contributed by atoms with Crippen LogP contribution in [0.5, 0.6) is 5.75 Å². The molecule has 51 heavy (non-hydrogen) atoms. The van der Waals surface area contributed by atoms with Crippen LogP contribution in [0.15, 0.2) is 36.4 Å². The molecule has 2 amide bonds. The van der Waals surface area contributed by atoms with Crippen molar-refractivity contribution in [2.75, 3.05) is 50.7 Å². The van der Waals surface area contributed by atoms with E-state index in [0.29, 0.717) is 69.4 Å². The molecule has 3 heterocycles. The molecule has 2 aromatic rings. The molecule has 4 aliphatic rings. The minimum Gasteiger partial charge on any atom is -0.487 e. The third-order valence-corrected chi connectivity index (χ3v) is 13.9. The number of rotatable bonds is 3. The number of nitrogens with one attached hydrogen (secondary N) is 1. The van der Waals surface area contributed by atoms with Gasteiger partial charge in [-0.25, -0.2) is 13.1 Å². The maximum absolute atomic E-state index is 13.5. The van der Waals surface area contributed by atoms with Gasteiger partial charge in [-0.2, -0.15) is 0 Å². The van der Waals surface area contributed by atoms with E-state index in [2.05, 4.69) is 20.4 Å². The van der Waals surface area contributed by atoms with E-state index in [4.69, 9.17) is 22.8 Å². The Morgan fingerprint density at radius 2 is 1.86 bits per heavy atom. The fraction of sp³-hybridized carbons (Fsp3) is 0.590. The molecular formula is C39H51ClN4O6S. The first-order valence-electron chi connectivity index (χ1n) is 18.4. The van der Waals surface area contributed by atoms with Crippen molar-refractivity contribution in [2.24, 2.45) is 17.8 Å². The highest BCUT2D eigenvalue weighted by Gasteiger charge is 2.48. The van der Waals surface area contributed by atoms with Crippen molar-refractivity contribution in [2.45, 2.75) is 82.7 Å². The van der Waals surface area contributed by atoms with E-state index in [1.165, 1.54) is 0 Å². The van der Waals surface area contributed by atoms with Gasteiger partial charge in [0.2, 0.25) is 15.9 Å². The van der Waals surface area contributed by atoms with Crippen molar-refractivity contribution >= 4 is 39.1 Å². The van der Waals surface area contributed by atoms with E-state index in [9.17, 15) is 23.1 Å². The van der Waals surface area contributed by atoms with Crippen LogP contribution < -0.4 is 14.4 Å². The van der Waals surface area contributed by atoms with Crippen LogP contribution in [0.2, 0.25) is 5.02 Å². The average molecular weight is 739 g/mol. The zero-order chi connectivity index (χ0) is 36.3. The first-order chi connectivity index (χ1) is 24.4. The first-order valence-corrected chi connectivity index (χ1v) is 20.3. The smallest absolute Gasteiger partial charge is 0.264 e.